The first-order valence-corrected chi connectivity index (χ1v) is 8.47. The summed E-state index contributed by atoms with van der Waals surface area (Å²) in [7, 11) is 1.34. The van der Waals surface area contributed by atoms with Gasteiger partial charge in [0.1, 0.15) is 0 Å². The van der Waals surface area contributed by atoms with E-state index < -0.39 is 5.97 Å². The normalized spacial score (nSPS) is 16.1. The number of anilines is 1. The molecule has 3 rings (SSSR count). The fourth-order valence-corrected chi connectivity index (χ4v) is 3.16. The number of nitrogens with zero attached hydrogens (tertiary/aromatic N) is 5. The monoisotopic (exact) mass is 333 g/mol. The molecule has 0 radical (unpaired) electrons. The van der Waals surface area contributed by atoms with Gasteiger partial charge in [0.05, 0.1) is 18.3 Å². The van der Waals surface area contributed by atoms with Crippen molar-refractivity contribution in [2.45, 2.75) is 13.0 Å². The molecular formula is C15H19N5O2S. The summed E-state index contributed by atoms with van der Waals surface area (Å²) in [6.45, 7) is 4.71. The summed E-state index contributed by atoms with van der Waals surface area (Å²) in [6, 6.07) is 3.49. The first-order valence-electron chi connectivity index (χ1n) is 7.52. The highest BCUT2D eigenvalue weighted by molar-refractivity contribution is 7.07. The van der Waals surface area contributed by atoms with Gasteiger partial charge in [0.2, 0.25) is 0 Å². The first-order chi connectivity index (χ1) is 11.3. The van der Waals surface area contributed by atoms with Crippen LogP contribution in [0.3, 0.4) is 0 Å². The van der Waals surface area contributed by atoms with Crippen LogP contribution in [0.25, 0.3) is 0 Å². The molecule has 1 fully saturated rings. The van der Waals surface area contributed by atoms with Gasteiger partial charge >= 0.3 is 5.97 Å². The minimum absolute atomic E-state index is 0.233. The lowest BCUT2D eigenvalue weighted by Gasteiger charge is -2.21. The molecule has 3 heterocycles. The molecule has 7 nitrogen and oxygen atoms in total. The lowest BCUT2D eigenvalue weighted by molar-refractivity contribution is 0.0592. The number of thiazole rings is 1. The number of carbonyl (C=O) groups is 1. The van der Waals surface area contributed by atoms with Crippen LogP contribution in [-0.2, 0) is 11.3 Å². The molecule has 0 atom stereocenters. The number of hydrogen-bond acceptors (Lipinski definition) is 8. The fourth-order valence-electron chi connectivity index (χ4n) is 2.61. The van der Waals surface area contributed by atoms with Crippen molar-refractivity contribution >= 4 is 23.1 Å². The summed E-state index contributed by atoms with van der Waals surface area (Å²) in [6.07, 6.45) is 1.06. The second-order valence-electron chi connectivity index (χ2n) is 5.36. The number of methoxy groups -OCH3 is 1. The van der Waals surface area contributed by atoms with Crippen LogP contribution < -0.4 is 4.90 Å². The van der Waals surface area contributed by atoms with Crippen molar-refractivity contribution in [2.75, 3.05) is 38.2 Å². The predicted molar refractivity (Wildman–Crippen MR) is 87.6 cm³/mol. The van der Waals surface area contributed by atoms with Gasteiger partial charge in [0, 0.05) is 38.1 Å². The molecule has 0 spiro atoms. The number of hydrogen-bond donors (Lipinski definition) is 0. The topological polar surface area (TPSA) is 71.5 Å². The molecule has 2 aromatic heterocycles. The predicted octanol–water partition coefficient (Wildman–Crippen LogP) is 1.43. The Labute approximate surface area is 138 Å². The molecule has 0 bridgehead atoms. The Kier molecular flexibility index (Phi) is 5.14. The third-order valence-electron chi connectivity index (χ3n) is 3.83. The Morgan fingerprint density at radius 1 is 1.26 bits per heavy atom. The van der Waals surface area contributed by atoms with Gasteiger partial charge in [-0.3, -0.25) is 4.90 Å². The van der Waals surface area contributed by atoms with E-state index in [4.69, 9.17) is 0 Å². The van der Waals surface area contributed by atoms with Crippen molar-refractivity contribution in [1.82, 2.24) is 20.1 Å². The molecule has 1 saturated heterocycles. The number of aromatic nitrogens is 3. The Morgan fingerprint density at radius 3 is 2.87 bits per heavy atom. The summed E-state index contributed by atoms with van der Waals surface area (Å²) >= 11 is 1.63. The van der Waals surface area contributed by atoms with E-state index in [9.17, 15) is 4.79 Å². The Bertz CT molecular complexity index is 632. The molecule has 122 valence electrons. The van der Waals surface area contributed by atoms with Gasteiger partial charge in [-0.25, -0.2) is 9.78 Å². The van der Waals surface area contributed by atoms with Crippen LogP contribution in [0.15, 0.2) is 23.0 Å². The van der Waals surface area contributed by atoms with Crippen LogP contribution in [0, 0.1) is 0 Å². The van der Waals surface area contributed by atoms with Crippen molar-refractivity contribution < 1.29 is 9.53 Å². The highest BCUT2D eigenvalue weighted by Gasteiger charge is 2.17. The zero-order valence-electron chi connectivity index (χ0n) is 13.0. The van der Waals surface area contributed by atoms with Gasteiger partial charge in [-0.15, -0.1) is 21.5 Å². The first kappa shape index (κ1) is 15.8. The smallest absolute Gasteiger partial charge is 0.358 e. The summed E-state index contributed by atoms with van der Waals surface area (Å²) < 4.78 is 4.64. The molecular weight excluding hydrogens is 314 g/mol. The molecule has 0 amide bonds. The van der Waals surface area contributed by atoms with E-state index in [1.54, 1.807) is 17.4 Å². The minimum atomic E-state index is -0.464. The lowest BCUT2D eigenvalue weighted by Crippen LogP contribution is -2.31. The van der Waals surface area contributed by atoms with Crippen molar-refractivity contribution in [1.29, 1.82) is 0 Å². The number of carbonyl (C=O) groups excluding carboxylic acids is 1. The summed E-state index contributed by atoms with van der Waals surface area (Å²) in [4.78, 5) is 20.4. The molecule has 1 aliphatic rings. The molecule has 1 aliphatic heterocycles. The van der Waals surface area contributed by atoms with Gasteiger partial charge in [0.15, 0.2) is 11.5 Å². The Balaban J connectivity index is 1.60. The van der Waals surface area contributed by atoms with Crippen LogP contribution in [-0.4, -0.2) is 59.3 Å². The molecule has 0 unspecified atom stereocenters. The SMILES string of the molecule is COC(=O)c1ccc(N2CCCN(Cc3cscn3)CC2)nn1. The third kappa shape index (κ3) is 4.02. The zero-order chi connectivity index (χ0) is 16.1. The highest BCUT2D eigenvalue weighted by Crippen LogP contribution is 2.15. The molecule has 23 heavy (non-hydrogen) atoms. The van der Waals surface area contributed by atoms with E-state index in [2.05, 4.69) is 35.1 Å². The van der Waals surface area contributed by atoms with E-state index >= 15 is 0 Å². The van der Waals surface area contributed by atoms with Gasteiger partial charge in [-0.2, -0.15) is 0 Å². The average molecular weight is 333 g/mol. The van der Waals surface area contributed by atoms with Gasteiger partial charge in [-0.1, -0.05) is 0 Å². The standard InChI is InChI=1S/C15H19N5O2S/c1-22-15(21)13-3-4-14(18-17-13)20-6-2-5-19(7-8-20)9-12-10-23-11-16-12/h3-4,10-11H,2,5-9H2,1H3. The van der Waals surface area contributed by atoms with E-state index in [1.807, 2.05) is 11.6 Å². The molecule has 0 aliphatic carbocycles. The summed E-state index contributed by atoms with van der Waals surface area (Å²) in [5, 5.41) is 10.2. The van der Waals surface area contributed by atoms with Crippen LogP contribution in [0.4, 0.5) is 5.82 Å². The van der Waals surface area contributed by atoms with Crippen LogP contribution in [0.5, 0.6) is 0 Å². The summed E-state index contributed by atoms with van der Waals surface area (Å²) in [5.41, 5.74) is 3.24. The van der Waals surface area contributed by atoms with Crippen LogP contribution in [0.2, 0.25) is 0 Å². The van der Waals surface area contributed by atoms with Gasteiger partial charge in [0.25, 0.3) is 0 Å². The maximum Gasteiger partial charge on any atom is 0.358 e. The van der Waals surface area contributed by atoms with E-state index in [1.165, 1.54) is 7.11 Å². The van der Waals surface area contributed by atoms with Crippen molar-refractivity contribution in [2.24, 2.45) is 0 Å². The number of esters is 1. The number of ether oxygens (including phenoxy) is 1. The number of rotatable bonds is 4. The maximum atomic E-state index is 11.4. The maximum absolute atomic E-state index is 11.4. The molecule has 2 aromatic rings. The Hall–Kier alpha value is -2.06. The van der Waals surface area contributed by atoms with Gasteiger partial charge in [-0.05, 0) is 18.6 Å². The molecule has 0 saturated carbocycles. The quantitative estimate of drug-likeness (QED) is 0.784. The van der Waals surface area contributed by atoms with Crippen LogP contribution in [0.1, 0.15) is 22.6 Å². The minimum Gasteiger partial charge on any atom is -0.464 e. The highest BCUT2D eigenvalue weighted by atomic mass is 32.1. The molecule has 0 N–H and O–H groups in total. The van der Waals surface area contributed by atoms with Crippen molar-refractivity contribution in [3.8, 4) is 0 Å². The zero-order valence-corrected chi connectivity index (χ0v) is 13.8. The molecule has 8 heteroatoms. The fraction of sp³-hybridized carbons (Fsp3) is 0.467. The average Bonchev–Trinajstić information content (AvgIpc) is 2.99. The van der Waals surface area contributed by atoms with Crippen LogP contribution >= 0.6 is 11.3 Å². The van der Waals surface area contributed by atoms with Crippen molar-refractivity contribution in [3.05, 3.63) is 34.4 Å². The third-order valence-corrected chi connectivity index (χ3v) is 4.46. The van der Waals surface area contributed by atoms with Gasteiger partial charge < -0.3 is 9.64 Å². The summed E-state index contributed by atoms with van der Waals surface area (Å²) in [5.74, 6) is 0.336. The van der Waals surface area contributed by atoms with E-state index in [0.717, 1.165) is 50.7 Å². The second-order valence-corrected chi connectivity index (χ2v) is 6.08. The van der Waals surface area contributed by atoms with E-state index in [0.29, 0.717) is 0 Å². The molecule has 0 aromatic carbocycles. The lowest BCUT2D eigenvalue weighted by atomic mass is 10.3. The largest absolute Gasteiger partial charge is 0.464 e. The second kappa shape index (κ2) is 7.47. The van der Waals surface area contributed by atoms with E-state index in [-0.39, 0.29) is 5.69 Å². The van der Waals surface area contributed by atoms with Crippen molar-refractivity contribution in [3.63, 3.8) is 0 Å². The Morgan fingerprint density at radius 2 is 2.17 bits per heavy atom.